The van der Waals surface area contributed by atoms with Crippen LogP contribution in [0, 0.1) is 12.8 Å². The predicted molar refractivity (Wildman–Crippen MR) is 97.0 cm³/mol. The fourth-order valence-electron chi connectivity index (χ4n) is 3.47. The molecule has 0 spiro atoms. The third-order valence-corrected chi connectivity index (χ3v) is 5.01. The van der Waals surface area contributed by atoms with Gasteiger partial charge in [0.1, 0.15) is 11.5 Å². The fourth-order valence-corrected chi connectivity index (χ4v) is 3.47. The molecule has 1 aromatic heterocycles. The predicted octanol–water partition coefficient (Wildman–Crippen LogP) is 2.16. The van der Waals surface area contributed by atoms with Gasteiger partial charge in [0.2, 0.25) is 5.91 Å². The Morgan fingerprint density at radius 2 is 2.19 bits per heavy atom. The van der Waals surface area contributed by atoms with Gasteiger partial charge in [-0.1, -0.05) is 24.2 Å². The van der Waals surface area contributed by atoms with Gasteiger partial charge in [-0.3, -0.25) is 9.69 Å². The Morgan fingerprint density at radius 3 is 2.77 bits per heavy atom. The Kier molecular flexibility index (Phi) is 5.29. The first-order valence-corrected chi connectivity index (χ1v) is 8.73. The number of methoxy groups -OCH3 is 1. The average Bonchev–Trinajstić information content (AvgIpc) is 3.03. The molecule has 26 heavy (non-hydrogen) atoms. The number of carbonyl (C=O) groups is 1. The minimum atomic E-state index is -0.900. The largest absolute Gasteiger partial charge is 0.497 e. The second-order valence-corrected chi connectivity index (χ2v) is 6.91. The fraction of sp³-hybridized carbons (Fsp3) is 0.474. The molecule has 1 aromatic carbocycles. The average molecular weight is 359 g/mol. The SMILES string of the molecule is COc1ccc(C2(O)CCN(CC(=O)Nc3cc(C)on3)CC2C)cc1. The number of aryl methyl sites for hydroxylation is 1. The van der Waals surface area contributed by atoms with E-state index in [9.17, 15) is 9.90 Å². The smallest absolute Gasteiger partial charge is 0.239 e. The Balaban J connectivity index is 1.59. The van der Waals surface area contributed by atoms with Crippen LogP contribution in [0.5, 0.6) is 5.75 Å². The number of hydrogen-bond donors (Lipinski definition) is 2. The molecule has 7 heteroatoms. The minimum absolute atomic E-state index is 0.00765. The number of aromatic nitrogens is 1. The number of ether oxygens (including phenoxy) is 1. The number of carbonyl (C=O) groups excluding carboxylic acids is 1. The molecule has 2 N–H and O–H groups in total. The topological polar surface area (TPSA) is 87.8 Å². The summed E-state index contributed by atoms with van der Waals surface area (Å²) in [6.45, 7) is 5.31. The molecule has 1 fully saturated rings. The summed E-state index contributed by atoms with van der Waals surface area (Å²) in [4.78, 5) is 14.2. The zero-order valence-electron chi connectivity index (χ0n) is 15.4. The van der Waals surface area contributed by atoms with Gasteiger partial charge in [0.15, 0.2) is 5.82 Å². The number of nitrogens with one attached hydrogen (secondary N) is 1. The highest BCUT2D eigenvalue weighted by molar-refractivity contribution is 5.91. The van der Waals surface area contributed by atoms with E-state index in [0.717, 1.165) is 11.3 Å². The van der Waals surface area contributed by atoms with Crippen LogP contribution in [0.15, 0.2) is 34.9 Å². The molecule has 2 atom stereocenters. The molecule has 2 heterocycles. The van der Waals surface area contributed by atoms with Crippen LogP contribution in [0.3, 0.4) is 0 Å². The highest BCUT2D eigenvalue weighted by Gasteiger charge is 2.40. The Bertz CT molecular complexity index is 758. The molecule has 7 nitrogen and oxygen atoms in total. The summed E-state index contributed by atoms with van der Waals surface area (Å²) in [7, 11) is 1.62. The number of likely N-dealkylation sites (tertiary alicyclic amines) is 1. The van der Waals surface area contributed by atoms with Crippen molar-refractivity contribution < 1.29 is 19.2 Å². The van der Waals surface area contributed by atoms with E-state index in [1.165, 1.54) is 0 Å². The third-order valence-electron chi connectivity index (χ3n) is 5.01. The van der Waals surface area contributed by atoms with Crippen molar-refractivity contribution in [1.29, 1.82) is 0 Å². The van der Waals surface area contributed by atoms with Gasteiger partial charge in [0.05, 0.1) is 19.3 Å². The third kappa shape index (κ3) is 3.89. The highest BCUT2D eigenvalue weighted by Crippen LogP contribution is 2.37. The van der Waals surface area contributed by atoms with Crippen LogP contribution in [0.4, 0.5) is 5.82 Å². The summed E-state index contributed by atoms with van der Waals surface area (Å²) < 4.78 is 10.1. The highest BCUT2D eigenvalue weighted by atomic mass is 16.5. The van der Waals surface area contributed by atoms with Crippen molar-refractivity contribution in [3.63, 3.8) is 0 Å². The lowest BCUT2D eigenvalue weighted by molar-refractivity contribution is -0.120. The number of rotatable bonds is 5. The molecule has 0 bridgehead atoms. The maximum absolute atomic E-state index is 12.2. The number of aliphatic hydroxyl groups is 1. The van der Waals surface area contributed by atoms with Crippen molar-refractivity contribution in [2.45, 2.75) is 25.9 Å². The van der Waals surface area contributed by atoms with E-state index in [-0.39, 0.29) is 18.4 Å². The first-order valence-electron chi connectivity index (χ1n) is 8.73. The van der Waals surface area contributed by atoms with Crippen molar-refractivity contribution in [3.8, 4) is 5.75 Å². The van der Waals surface area contributed by atoms with Gasteiger partial charge in [-0.15, -0.1) is 0 Å². The summed E-state index contributed by atoms with van der Waals surface area (Å²) in [5.74, 6) is 1.69. The number of piperidine rings is 1. The number of hydrogen-bond acceptors (Lipinski definition) is 6. The van der Waals surface area contributed by atoms with Crippen molar-refractivity contribution in [2.75, 3.05) is 32.1 Å². The van der Waals surface area contributed by atoms with E-state index >= 15 is 0 Å². The lowest BCUT2D eigenvalue weighted by Gasteiger charge is -2.43. The van der Waals surface area contributed by atoms with E-state index in [4.69, 9.17) is 9.26 Å². The van der Waals surface area contributed by atoms with Gasteiger partial charge in [-0.2, -0.15) is 0 Å². The van der Waals surface area contributed by atoms with Gasteiger partial charge in [-0.05, 0) is 31.0 Å². The first-order chi connectivity index (χ1) is 12.4. The standard InChI is InChI=1S/C19H25N3O4/c1-13-11-22(12-18(23)20-17-10-14(2)26-21-17)9-8-19(13,24)15-4-6-16(25-3)7-5-15/h4-7,10,13,24H,8-9,11-12H2,1-3H3,(H,20,21,23). The summed E-state index contributed by atoms with van der Waals surface area (Å²) in [6, 6.07) is 9.22. The zero-order valence-corrected chi connectivity index (χ0v) is 15.4. The van der Waals surface area contributed by atoms with Gasteiger partial charge >= 0.3 is 0 Å². The number of benzene rings is 1. The molecular formula is C19H25N3O4. The lowest BCUT2D eigenvalue weighted by Crippen LogP contribution is -2.50. The molecule has 2 unspecified atom stereocenters. The minimum Gasteiger partial charge on any atom is -0.497 e. The van der Waals surface area contributed by atoms with E-state index in [0.29, 0.717) is 31.1 Å². The van der Waals surface area contributed by atoms with Crippen LogP contribution in [0.25, 0.3) is 0 Å². The van der Waals surface area contributed by atoms with Gasteiger partial charge in [-0.25, -0.2) is 0 Å². The molecule has 0 aliphatic carbocycles. The molecule has 1 aliphatic heterocycles. The number of amides is 1. The van der Waals surface area contributed by atoms with E-state index in [1.807, 2.05) is 36.1 Å². The molecule has 1 amide bonds. The van der Waals surface area contributed by atoms with Crippen molar-refractivity contribution in [1.82, 2.24) is 10.1 Å². The molecule has 0 saturated carbocycles. The quantitative estimate of drug-likeness (QED) is 0.851. The van der Waals surface area contributed by atoms with Gasteiger partial charge in [0.25, 0.3) is 0 Å². The van der Waals surface area contributed by atoms with Crippen molar-refractivity contribution in [3.05, 3.63) is 41.7 Å². The first kappa shape index (κ1) is 18.4. The van der Waals surface area contributed by atoms with E-state index in [2.05, 4.69) is 10.5 Å². The van der Waals surface area contributed by atoms with Crippen LogP contribution < -0.4 is 10.1 Å². The molecular weight excluding hydrogens is 334 g/mol. The number of anilines is 1. The normalized spacial score (nSPS) is 23.6. The molecule has 2 aromatic rings. The van der Waals surface area contributed by atoms with Crippen LogP contribution in [-0.4, -0.2) is 47.8 Å². The van der Waals surface area contributed by atoms with Crippen LogP contribution in [0.1, 0.15) is 24.7 Å². The summed E-state index contributed by atoms with van der Waals surface area (Å²) >= 11 is 0. The van der Waals surface area contributed by atoms with E-state index < -0.39 is 5.60 Å². The second kappa shape index (κ2) is 7.47. The summed E-state index contributed by atoms with van der Waals surface area (Å²) in [6.07, 6.45) is 0.566. The monoisotopic (exact) mass is 359 g/mol. The molecule has 1 aliphatic rings. The molecule has 1 saturated heterocycles. The lowest BCUT2D eigenvalue weighted by atomic mass is 9.77. The van der Waals surface area contributed by atoms with E-state index in [1.54, 1.807) is 20.1 Å². The van der Waals surface area contributed by atoms with Gasteiger partial charge in [0, 0.05) is 25.1 Å². The Labute approximate surface area is 152 Å². The van der Waals surface area contributed by atoms with Crippen molar-refractivity contribution in [2.24, 2.45) is 5.92 Å². The second-order valence-electron chi connectivity index (χ2n) is 6.91. The maximum atomic E-state index is 12.2. The van der Waals surface area contributed by atoms with Crippen LogP contribution in [0.2, 0.25) is 0 Å². The zero-order chi connectivity index (χ0) is 18.7. The number of nitrogens with zero attached hydrogens (tertiary/aromatic N) is 2. The molecule has 140 valence electrons. The molecule has 0 radical (unpaired) electrons. The molecule has 3 rings (SSSR count). The summed E-state index contributed by atoms with van der Waals surface area (Å²) in [5, 5.41) is 17.7. The van der Waals surface area contributed by atoms with Crippen LogP contribution >= 0.6 is 0 Å². The Hall–Kier alpha value is -2.38. The summed E-state index contributed by atoms with van der Waals surface area (Å²) in [5.41, 5.74) is -0.0179. The van der Waals surface area contributed by atoms with Crippen LogP contribution in [-0.2, 0) is 10.4 Å². The maximum Gasteiger partial charge on any atom is 0.239 e. The van der Waals surface area contributed by atoms with Gasteiger partial charge < -0.3 is 19.7 Å². The van der Waals surface area contributed by atoms with Crippen molar-refractivity contribution >= 4 is 11.7 Å². The Morgan fingerprint density at radius 1 is 1.46 bits per heavy atom.